The first-order valence-electron chi connectivity index (χ1n) is 8.14. The molecule has 1 aromatic rings. The molecule has 4 aliphatic carbocycles. The summed E-state index contributed by atoms with van der Waals surface area (Å²) in [5.41, 5.74) is -0.0535. The SMILES string of the molecule is CN(Cc1ncnn1C)C(=O)C12CC3CC(CC(C3)C1)C2. The van der Waals surface area contributed by atoms with Gasteiger partial charge in [-0.1, -0.05) is 0 Å². The molecule has 0 spiro atoms. The Morgan fingerprint density at radius 3 is 2.33 bits per heavy atom. The second-order valence-electron chi connectivity index (χ2n) is 7.66. The van der Waals surface area contributed by atoms with Gasteiger partial charge in [0.25, 0.3) is 0 Å². The fourth-order valence-electron chi connectivity index (χ4n) is 5.52. The minimum Gasteiger partial charge on any atom is -0.338 e. The summed E-state index contributed by atoms with van der Waals surface area (Å²) in [6.07, 6.45) is 9.06. The van der Waals surface area contributed by atoms with Crippen LogP contribution in [-0.4, -0.2) is 32.6 Å². The van der Waals surface area contributed by atoms with E-state index >= 15 is 0 Å². The Morgan fingerprint density at radius 1 is 1.29 bits per heavy atom. The molecular formula is C16H24N4O. The summed E-state index contributed by atoms with van der Waals surface area (Å²) < 4.78 is 1.75. The van der Waals surface area contributed by atoms with Gasteiger partial charge in [0, 0.05) is 14.1 Å². The monoisotopic (exact) mass is 288 g/mol. The fourth-order valence-corrected chi connectivity index (χ4v) is 5.52. The molecule has 1 amide bonds. The molecule has 5 heteroatoms. The van der Waals surface area contributed by atoms with Gasteiger partial charge in [0.1, 0.15) is 12.2 Å². The lowest BCUT2D eigenvalue weighted by molar-refractivity contribution is -0.157. The second-order valence-corrected chi connectivity index (χ2v) is 7.66. The van der Waals surface area contributed by atoms with Crippen LogP contribution in [0, 0.1) is 23.2 Å². The average molecular weight is 288 g/mol. The maximum atomic E-state index is 13.1. The molecule has 0 aromatic carbocycles. The van der Waals surface area contributed by atoms with Crippen molar-refractivity contribution in [2.24, 2.45) is 30.2 Å². The molecule has 114 valence electrons. The molecule has 21 heavy (non-hydrogen) atoms. The van der Waals surface area contributed by atoms with Crippen LogP contribution in [0.1, 0.15) is 44.3 Å². The molecule has 0 N–H and O–H groups in total. The predicted molar refractivity (Wildman–Crippen MR) is 78.1 cm³/mol. The predicted octanol–water partition coefficient (Wildman–Crippen LogP) is 1.99. The van der Waals surface area contributed by atoms with Crippen molar-refractivity contribution in [1.82, 2.24) is 19.7 Å². The number of aromatic nitrogens is 3. The van der Waals surface area contributed by atoms with Gasteiger partial charge >= 0.3 is 0 Å². The third-order valence-corrected chi connectivity index (χ3v) is 6.02. The van der Waals surface area contributed by atoms with E-state index in [1.165, 1.54) is 19.3 Å². The highest BCUT2D eigenvalue weighted by Gasteiger charge is 2.55. The molecule has 0 unspecified atom stereocenters. The summed E-state index contributed by atoms with van der Waals surface area (Å²) >= 11 is 0. The van der Waals surface area contributed by atoms with Crippen LogP contribution in [0.3, 0.4) is 0 Å². The summed E-state index contributed by atoms with van der Waals surface area (Å²) in [5, 5.41) is 4.09. The Kier molecular flexibility index (Phi) is 2.88. The van der Waals surface area contributed by atoms with Crippen molar-refractivity contribution in [3.05, 3.63) is 12.2 Å². The van der Waals surface area contributed by atoms with Gasteiger partial charge in [-0.3, -0.25) is 9.48 Å². The number of rotatable bonds is 3. The third-order valence-electron chi connectivity index (χ3n) is 6.02. The van der Waals surface area contributed by atoms with E-state index in [0.717, 1.165) is 42.8 Å². The summed E-state index contributed by atoms with van der Waals surface area (Å²) in [4.78, 5) is 19.2. The number of nitrogens with zero attached hydrogens (tertiary/aromatic N) is 4. The summed E-state index contributed by atoms with van der Waals surface area (Å²) in [6.45, 7) is 0.567. The van der Waals surface area contributed by atoms with Crippen LogP contribution in [0.25, 0.3) is 0 Å². The number of carbonyl (C=O) groups excluding carboxylic acids is 1. The largest absolute Gasteiger partial charge is 0.338 e. The quantitative estimate of drug-likeness (QED) is 0.854. The van der Waals surface area contributed by atoms with E-state index in [9.17, 15) is 4.79 Å². The molecule has 4 saturated carbocycles. The van der Waals surface area contributed by atoms with Crippen LogP contribution >= 0.6 is 0 Å². The second kappa shape index (κ2) is 4.55. The summed E-state index contributed by atoms with van der Waals surface area (Å²) in [7, 11) is 3.81. The van der Waals surface area contributed by atoms with Gasteiger partial charge in [-0.25, -0.2) is 4.98 Å². The van der Waals surface area contributed by atoms with E-state index in [1.807, 2.05) is 19.0 Å². The van der Waals surface area contributed by atoms with Crippen LogP contribution in [0.5, 0.6) is 0 Å². The lowest BCUT2D eigenvalue weighted by Crippen LogP contribution is -2.53. The Morgan fingerprint density at radius 2 is 1.86 bits per heavy atom. The molecule has 4 fully saturated rings. The van der Waals surface area contributed by atoms with Crippen molar-refractivity contribution in [2.75, 3.05) is 7.05 Å². The highest BCUT2D eigenvalue weighted by Crippen LogP contribution is 2.60. The third kappa shape index (κ3) is 2.09. The van der Waals surface area contributed by atoms with Gasteiger partial charge in [-0.15, -0.1) is 0 Å². The van der Waals surface area contributed by atoms with Gasteiger partial charge in [-0.05, 0) is 56.3 Å². The van der Waals surface area contributed by atoms with E-state index in [0.29, 0.717) is 12.5 Å². The normalized spacial score (nSPS) is 37.0. The highest BCUT2D eigenvalue weighted by atomic mass is 16.2. The number of amides is 1. The first-order chi connectivity index (χ1) is 10.1. The first-order valence-corrected chi connectivity index (χ1v) is 8.14. The van der Waals surface area contributed by atoms with Crippen LogP contribution in [0.4, 0.5) is 0 Å². The maximum absolute atomic E-state index is 13.1. The minimum atomic E-state index is -0.0535. The van der Waals surface area contributed by atoms with Crippen molar-refractivity contribution >= 4 is 5.91 Å². The molecule has 4 bridgehead atoms. The van der Waals surface area contributed by atoms with Gasteiger partial charge < -0.3 is 4.90 Å². The van der Waals surface area contributed by atoms with Crippen molar-refractivity contribution in [3.8, 4) is 0 Å². The topological polar surface area (TPSA) is 51.0 Å². The molecule has 1 aromatic heterocycles. The van der Waals surface area contributed by atoms with Crippen molar-refractivity contribution in [1.29, 1.82) is 0 Å². The summed E-state index contributed by atoms with van der Waals surface area (Å²) in [5.74, 6) is 3.63. The maximum Gasteiger partial charge on any atom is 0.228 e. The van der Waals surface area contributed by atoms with Crippen molar-refractivity contribution in [2.45, 2.75) is 45.1 Å². The molecule has 0 aliphatic heterocycles. The molecule has 0 atom stereocenters. The van der Waals surface area contributed by atoms with E-state index in [-0.39, 0.29) is 5.41 Å². The lowest BCUT2D eigenvalue weighted by Gasteiger charge is -2.56. The van der Waals surface area contributed by atoms with E-state index in [4.69, 9.17) is 0 Å². The number of aryl methyl sites for hydroxylation is 1. The fraction of sp³-hybridized carbons (Fsp3) is 0.812. The van der Waals surface area contributed by atoms with Gasteiger partial charge in [0.05, 0.1) is 12.0 Å². The molecule has 4 aliphatic rings. The summed E-state index contributed by atoms with van der Waals surface area (Å²) in [6, 6.07) is 0. The van der Waals surface area contributed by atoms with Crippen LogP contribution in [-0.2, 0) is 18.4 Å². The Hall–Kier alpha value is -1.39. The number of carbonyl (C=O) groups is 1. The Balaban J connectivity index is 1.53. The molecule has 1 heterocycles. The Labute approximate surface area is 125 Å². The lowest BCUT2D eigenvalue weighted by atomic mass is 9.49. The van der Waals surface area contributed by atoms with Crippen LogP contribution < -0.4 is 0 Å². The number of hydrogen-bond donors (Lipinski definition) is 0. The minimum absolute atomic E-state index is 0.0535. The average Bonchev–Trinajstić information content (AvgIpc) is 2.82. The first kappa shape index (κ1) is 13.3. The van der Waals surface area contributed by atoms with E-state index in [2.05, 4.69) is 10.1 Å². The zero-order valence-electron chi connectivity index (χ0n) is 13.0. The molecule has 0 radical (unpaired) electrons. The molecule has 5 nitrogen and oxygen atoms in total. The zero-order chi connectivity index (χ0) is 14.6. The zero-order valence-corrected chi connectivity index (χ0v) is 13.0. The van der Waals surface area contributed by atoms with Gasteiger partial charge in [0.2, 0.25) is 5.91 Å². The molecule has 5 rings (SSSR count). The Bertz CT molecular complexity index is 529. The van der Waals surface area contributed by atoms with E-state index < -0.39 is 0 Å². The van der Waals surface area contributed by atoms with E-state index in [1.54, 1.807) is 11.0 Å². The smallest absolute Gasteiger partial charge is 0.228 e. The van der Waals surface area contributed by atoms with Gasteiger partial charge in [-0.2, -0.15) is 5.10 Å². The van der Waals surface area contributed by atoms with Crippen LogP contribution in [0.15, 0.2) is 6.33 Å². The highest BCUT2D eigenvalue weighted by molar-refractivity contribution is 5.83. The molecule has 0 saturated heterocycles. The van der Waals surface area contributed by atoms with Crippen molar-refractivity contribution in [3.63, 3.8) is 0 Å². The van der Waals surface area contributed by atoms with Gasteiger partial charge in [0.15, 0.2) is 0 Å². The molecular weight excluding hydrogens is 264 g/mol. The standard InChI is InChI=1S/C16H24N4O/c1-19(9-14-17-10-18-20(14)2)15(21)16-6-11-3-12(7-16)5-13(4-11)8-16/h10-13H,3-9H2,1-2H3. The van der Waals surface area contributed by atoms with Crippen molar-refractivity contribution < 1.29 is 4.79 Å². The van der Waals surface area contributed by atoms with Crippen LogP contribution in [0.2, 0.25) is 0 Å². The number of hydrogen-bond acceptors (Lipinski definition) is 3.